The van der Waals surface area contributed by atoms with Crippen molar-refractivity contribution in [2.75, 3.05) is 11.0 Å². The molecule has 1 aromatic rings. The van der Waals surface area contributed by atoms with E-state index in [1.807, 2.05) is 6.26 Å². The standard InChI is InChI=1S/C5H6ClN3S/c1-10-9-5-3-2-4(6)7-8-5/h2-3H,1H3,(H,8,9). The summed E-state index contributed by atoms with van der Waals surface area (Å²) in [5.74, 6) is 0.719. The minimum Gasteiger partial charge on any atom is -0.313 e. The van der Waals surface area contributed by atoms with Crippen LogP contribution in [0.1, 0.15) is 0 Å². The van der Waals surface area contributed by atoms with Gasteiger partial charge in [0.2, 0.25) is 0 Å². The van der Waals surface area contributed by atoms with Crippen LogP contribution in [0, 0.1) is 0 Å². The fourth-order valence-electron chi connectivity index (χ4n) is 0.475. The largest absolute Gasteiger partial charge is 0.313 e. The number of aromatic nitrogens is 2. The highest BCUT2D eigenvalue weighted by Crippen LogP contribution is 2.08. The molecule has 0 amide bonds. The van der Waals surface area contributed by atoms with E-state index in [1.54, 1.807) is 12.1 Å². The molecule has 0 saturated heterocycles. The first-order valence-electron chi connectivity index (χ1n) is 2.61. The third kappa shape index (κ3) is 2.04. The molecule has 1 aromatic heterocycles. The molecule has 0 atom stereocenters. The Labute approximate surface area is 68.3 Å². The second kappa shape index (κ2) is 3.63. The molecule has 0 fully saturated rings. The molecule has 0 aliphatic carbocycles. The van der Waals surface area contributed by atoms with Gasteiger partial charge in [-0.3, -0.25) is 0 Å². The van der Waals surface area contributed by atoms with Crippen LogP contribution in [0.5, 0.6) is 0 Å². The lowest BCUT2D eigenvalue weighted by Gasteiger charge is -1.97. The Morgan fingerprint density at radius 1 is 1.50 bits per heavy atom. The summed E-state index contributed by atoms with van der Waals surface area (Å²) >= 11 is 6.97. The average Bonchev–Trinajstić information content (AvgIpc) is 1.95. The molecule has 0 saturated carbocycles. The predicted octanol–water partition coefficient (Wildman–Crippen LogP) is 1.82. The van der Waals surface area contributed by atoms with Gasteiger partial charge in [-0.25, -0.2) is 0 Å². The smallest absolute Gasteiger partial charge is 0.158 e. The summed E-state index contributed by atoms with van der Waals surface area (Å²) < 4.78 is 2.92. The van der Waals surface area contributed by atoms with E-state index in [1.165, 1.54) is 11.9 Å². The van der Waals surface area contributed by atoms with Gasteiger partial charge in [-0.05, 0) is 12.1 Å². The normalized spacial score (nSPS) is 9.40. The van der Waals surface area contributed by atoms with E-state index >= 15 is 0 Å². The number of rotatable bonds is 2. The summed E-state index contributed by atoms with van der Waals surface area (Å²) in [6, 6.07) is 3.46. The van der Waals surface area contributed by atoms with Crippen LogP contribution in [-0.2, 0) is 0 Å². The Kier molecular flexibility index (Phi) is 2.77. The zero-order valence-electron chi connectivity index (χ0n) is 5.34. The Hall–Kier alpha value is -0.480. The Bertz CT molecular complexity index is 201. The molecule has 0 bridgehead atoms. The molecule has 0 unspecified atom stereocenters. The van der Waals surface area contributed by atoms with E-state index in [-0.39, 0.29) is 0 Å². The number of halogens is 1. The number of hydrogen-bond donors (Lipinski definition) is 1. The van der Waals surface area contributed by atoms with Gasteiger partial charge in [0.15, 0.2) is 11.0 Å². The lowest BCUT2D eigenvalue weighted by molar-refractivity contribution is 1.04. The van der Waals surface area contributed by atoms with Crippen LogP contribution < -0.4 is 4.72 Å². The zero-order valence-corrected chi connectivity index (χ0v) is 6.91. The molecule has 0 radical (unpaired) electrons. The van der Waals surface area contributed by atoms with Crippen LogP contribution >= 0.6 is 23.5 Å². The van der Waals surface area contributed by atoms with Crippen molar-refractivity contribution in [1.29, 1.82) is 0 Å². The first kappa shape index (κ1) is 7.63. The number of hydrogen-bond acceptors (Lipinski definition) is 4. The minimum atomic E-state index is 0.409. The monoisotopic (exact) mass is 175 g/mol. The van der Waals surface area contributed by atoms with Gasteiger partial charge in [0.1, 0.15) is 0 Å². The zero-order chi connectivity index (χ0) is 7.40. The van der Waals surface area contributed by atoms with Gasteiger partial charge < -0.3 is 4.72 Å². The molecule has 10 heavy (non-hydrogen) atoms. The van der Waals surface area contributed by atoms with Crippen LogP contribution in [0.25, 0.3) is 0 Å². The molecule has 0 aromatic carbocycles. The van der Waals surface area contributed by atoms with Gasteiger partial charge in [0, 0.05) is 6.26 Å². The molecule has 54 valence electrons. The Balaban J connectivity index is 2.69. The average molecular weight is 176 g/mol. The predicted molar refractivity (Wildman–Crippen MR) is 44.2 cm³/mol. The summed E-state index contributed by atoms with van der Waals surface area (Å²) in [6.07, 6.45) is 1.91. The van der Waals surface area contributed by atoms with Crippen LogP contribution in [0.15, 0.2) is 12.1 Å². The van der Waals surface area contributed by atoms with Gasteiger partial charge in [-0.2, -0.15) is 0 Å². The quantitative estimate of drug-likeness (QED) is 0.696. The van der Waals surface area contributed by atoms with Gasteiger partial charge in [0.05, 0.1) is 0 Å². The van der Waals surface area contributed by atoms with E-state index in [9.17, 15) is 0 Å². The fraction of sp³-hybridized carbons (Fsp3) is 0.200. The van der Waals surface area contributed by atoms with Crippen LogP contribution in [0.4, 0.5) is 5.82 Å². The highest BCUT2D eigenvalue weighted by Gasteiger charge is 1.91. The molecule has 1 rings (SSSR count). The first-order valence-corrected chi connectivity index (χ1v) is 4.21. The summed E-state index contributed by atoms with van der Waals surface area (Å²) in [4.78, 5) is 0. The second-order valence-electron chi connectivity index (χ2n) is 1.55. The molecule has 1 heterocycles. The van der Waals surface area contributed by atoms with Crippen molar-refractivity contribution in [1.82, 2.24) is 10.2 Å². The Morgan fingerprint density at radius 2 is 2.30 bits per heavy atom. The van der Waals surface area contributed by atoms with Crippen molar-refractivity contribution >= 4 is 29.4 Å². The van der Waals surface area contributed by atoms with Gasteiger partial charge in [0.25, 0.3) is 0 Å². The summed E-state index contributed by atoms with van der Waals surface area (Å²) in [6.45, 7) is 0. The van der Waals surface area contributed by atoms with Crippen molar-refractivity contribution in [2.24, 2.45) is 0 Å². The lowest BCUT2D eigenvalue weighted by Crippen LogP contribution is -1.90. The SMILES string of the molecule is CSNc1ccc(Cl)nn1. The Morgan fingerprint density at radius 3 is 2.80 bits per heavy atom. The minimum absolute atomic E-state index is 0.409. The second-order valence-corrected chi connectivity index (χ2v) is 2.55. The summed E-state index contributed by atoms with van der Waals surface area (Å²) in [5.41, 5.74) is 0. The van der Waals surface area contributed by atoms with Gasteiger partial charge in [-0.1, -0.05) is 23.5 Å². The van der Waals surface area contributed by atoms with Gasteiger partial charge >= 0.3 is 0 Å². The highest BCUT2D eigenvalue weighted by atomic mass is 35.5. The third-order valence-corrected chi connectivity index (χ3v) is 1.45. The highest BCUT2D eigenvalue weighted by molar-refractivity contribution is 7.99. The molecule has 0 aliphatic heterocycles. The number of nitrogens with one attached hydrogen (secondary N) is 1. The third-order valence-electron chi connectivity index (χ3n) is 0.839. The van der Waals surface area contributed by atoms with E-state index in [4.69, 9.17) is 11.6 Å². The molecule has 5 heteroatoms. The number of anilines is 1. The van der Waals surface area contributed by atoms with E-state index < -0.39 is 0 Å². The molecular weight excluding hydrogens is 170 g/mol. The molecule has 0 spiro atoms. The molecule has 3 nitrogen and oxygen atoms in total. The molecule has 0 aliphatic rings. The summed E-state index contributed by atoms with van der Waals surface area (Å²) in [7, 11) is 0. The first-order chi connectivity index (χ1) is 4.83. The number of nitrogens with zero attached hydrogens (tertiary/aromatic N) is 2. The van der Waals surface area contributed by atoms with E-state index in [0.717, 1.165) is 5.82 Å². The molecule has 1 N–H and O–H groups in total. The maximum absolute atomic E-state index is 5.50. The van der Waals surface area contributed by atoms with Crippen molar-refractivity contribution in [3.63, 3.8) is 0 Å². The molecular formula is C5H6ClN3S. The van der Waals surface area contributed by atoms with Crippen molar-refractivity contribution in [3.8, 4) is 0 Å². The fourth-order valence-corrected chi connectivity index (χ4v) is 0.894. The maximum Gasteiger partial charge on any atom is 0.158 e. The van der Waals surface area contributed by atoms with Crippen LogP contribution in [-0.4, -0.2) is 16.5 Å². The van der Waals surface area contributed by atoms with Gasteiger partial charge in [-0.15, -0.1) is 10.2 Å². The van der Waals surface area contributed by atoms with E-state index in [0.29, 0.717) is 5.15 Å². The van der Waals surface area contributed by atoms with Crippen molar-refractivity contribution < 1.29 is 0 Å². The summed E-state index contributed by atoms with van der Waals surface area (Å²) in [5, 5.41) is 7.80. The maximum atomic E-state index is 5.50. The lowest BCUT2D eigenvalue weighted by atomic mass is 10.5. The van der Waals surface area contributed by atoms with Crippen molar-refractivity contribution in [3.05, 3.63) is 17.3 Å². The van der Waals surface area contributed by atoms with Crippen molar-refractivity contribution in [2.45, 2.75) is 0 Å². The van der Waals surface area contributed by atoms with E-state index in [2.05, 4.69) is 14.9 Å². The topological polar surface area (TPSA) is 37.8 Å². The van der Waals surface area contributed by atoms with Crippen LogP contribution in [0.3, 0.4) is 0 Å². The van der Waals surface area contributed by atoms with Crippen LogP contribution in [0.2, 0.25) is 5.15 Å².